The van der Waals surface area contributed by atoms with Crippen LogP contribution in [0, 0.1) is 6.92 Å². The highest BCUT2D eigenvalue weighted by molar-refractivity contribution is 5.90. The van der Waals surface area contributed by atoms with Crippen LogP contribution < -0.4 is 0 Å². The third kappa shape index (κ3) is 1.37. The zero-order valence-electron chi connectivity index (χ0n) is 9.30. The van der Waals surface area contributed by atoms with E-state index in [-0.39, 0.29) is 5.76 Å². The highest BCUT2D eigenvalue weighted by atomic mass is 16.4. The van der Waals surface area contributed by atoms with Crippen LogP contribution in [0.2, 0.25) is 0 Å². The maximum absolute atomic E-state index is 10.7. The van der Waals surface area contributed by atoms with Crippen LogP contribution in [-0.4, -0.2) is 21.1 Å². The number of aromatic nitrogens is 3. The Morgan fingerprint density at radius 1 is 1.47 bits per heavy atom. The molecule has 0 saturated heterocycles. The van der Waals surface area contributed by atoms with Crippen molar-refractivity contribution in [2.24, 2.45) is 7.05 Å². The van der Waals surface area contributed by atoms with Crippen molar-refractivity contribution >= 4 is 17.4 Å². The molecule has 0 saturated carbocycles. The summed E-state index contributed by atoms with van der Waals surface area (Å²) in [5.41, 5.74) is 2.51. The summed E-state index contributed by atoms with van der Waals surface area (Å²) in [6, 6.07) is 0. The molecular formula is C11H9N3O3. The summed E-state index contributed by atoms with van der Waals surface area (Å²) in [6.07, 6.45) is 3.86. The van der Waals surface area contributed by atoms with Gasteiger partial charge in [0.1, 0.15) is 11.8 Å². The van der Waals surface area contributed by atoms with E-state index in [2.05, 4.69) is 10.1 Å². The fourth-order valence-corrected chi connectivity index (χ4v) is 1.76. The Labute approximate surface area is 95.8 Å². The summed E-state index contributed by atoms with van der Waals surface area (Å²) >= 11 is 0. The van der Waals surface area contributed by atoms with Gasteiger partial charge in [-0.15, -0.1) is 0 Å². The van der Waals surface area contributed by atoms with E-state index in [0.717, 1.165) is 5.56 Å². The van der Waals surface area contributed by atoms with E-state index < -0.39 is 0 Å². The second kappa shape index (κ2) is 3.31. The Kier molecular flexibility index (Phi) is 1.91. The molecular weight excluding hydrogens is 222 g/mol. The molecule has 0 N–H and O–H groups in total. The topological polar surface area (TPSA) is 74.1 Å². The zero-order chi connectivity index (χ0) is 12.0. The number of aryl methyl sites for hydroxylation is 2. The Balaban J connectivity index is 2.21. The van der Waals surface area contributed by atoms with E-state index in [1.807, 2.05) is 20.2 Å². The zero-order valence-corrected chi connectivity index (χ0v) is 9.30. The fourth-order valence-electron chi connectivity index (χ4n) is 1.76. The Hall–Kier alpha value is -2.37. The van der Waals surface area contributed by atoms with Crippen molar-refractivity contribution < 1.29 is 13.6 Å². The lowest BCUT2D eigenvalue weighted by molar-refractivity contribution is 0.110. The third-order valence-electron chi connectivity index (χ3n) is 2.50. The number of furan rings is 1. The summed E-state index contributed by atoms with van der Waals surface area (Å²) in [5.74, 6) is 0.541. The van der Waals surface area contributed by atoms with E-state index in [9.17, 15) is 4.79 Å². The standard InChI is InChI=1S/C11H9N3O3/c1-6-3-14(2)13-9(6)11-12-7-5-16-8(4-15)10(7)17-11/h3-5H,1-2H3. The van der Waals surface area contributed by atoms with Crippen molar-refractivity contribution in [2.75, 3.05) is 0 Å². The molecule has 0 fully saturated rings. The molecule has 0 aliphatic rings. The largest absolute Gasteiger partial charge is 0.455 e. The summed E-state index contributed by atoms with van der Waals surface area (Å²) < 4.78 is 12.2. The molecule has 6 heteroatoms. The lowest BCUT2D eigenvalue weighted by Crippen LogP contribution is -1.87. The monoisotopic (exact) mass is 231 g/mol. The van der Waals surface area contributed by atoms with Gasteiger partial charge in [0.05, 0.1) is 0 Å². The van der Waals surface area contributed by atoms with Gasteiger partial charge in [-0.3, -0.25) is 9.48 Å². The smallest absolute Gasteiger partial charge is 0.248 e. The predicted molar refractivity (Wildman–Crippen MR) is 58.6 cm³/mol. The van der Waals surface area contributed by atoms with Crippen LogP contribution in [0.1, 0.15) is 16.1 Å². The number of hydrogen-bond acceptors (Lipinski definition) is 5. The molecule has 3 rings (SSSR count). The summed E-state index contributed by atoms with van der Waals surface area (Å²) in [4.78, 5) is 14.9. The summed E-state index contributed by atoms with van der Waals surface area (Å²) in [7, 11) is 1.82. The molecule has 0 bridgehead atoms. The molecule has 0 aromatic carbocycles. The molecule has 0 aliphatic carbocycles. The van der Waals surface area contributed by atoms with E-state index >= 15 is 0 Å². The second-order valence-corrected chi connectivity index (χ2v) is 3.79. The number of nitrogens with zero attached hydrogens (tertiary/aromatic N) is 3. The number of rotatable bonds is 2. The minimum Gasteiger partial charge on any atom is -0.455 e. The average Bonchev–Trinajstić information content (AvgIpc) is 2.91. The minimum absolute atomic E-state index is 0.146. The van der Waals surface area contributed by atoms with E-state index in [1.165, 1.54) is 6.26 Å². The molecule has 0 amide bonds. The SMILES string of the molecule is Cc1cn(C)nc1-c1nc2coc(C=O)c2o1. The minimum atomic E-state index is 0.146. The quantitative estimate of drug-likeness (QED) is 0.630. The van der Waals surface area contributed by atoms with Crippen molar-refractivity contribution in [1.29, 1.82) is 0 Å². The van der Waals surface area contributed by atoms with Gasteiger partial charge in [-0.05, 0) is 12.5 Å². The number of carbonyl (C=O) groups excluding carboxylic acids is 1. The van der Waals surface area contributed by atoms with Gasteiger partial charge in [0.15, 0.2) is 12.0 Å². The molecule has 3 aromatic rings. The molecule has 0 aliphatic heterocycles. The number of carbonyl (C=O) groups is 1. The highest BCUT2D eigenvalue weighted by Gasteiger charge is 2.18. The lowest BCUT2D eigenvalue weighted by Gasteiger charge is -1.89. The van der Waals surface area contributed by atoms with Crippen LogP contribution in [0.25, 0.3) is 22.7 Å². The summed E-state index contributed by atoms with van der Waals surface area (Å²) in [5, 5.41) is 4.25. The first-order chi connectivity index (χ1) is 8.19. The van der Waals surface area contributed by atoms with Gasteiger partial charge in [-0.2, -0.15) is 5.10 Å². The molecule has 0 unspecified atom stereocenters. The number of hydrogen-bond donors (Lipinski definition) is 0. The molecule has 6 nitrogen and oxygen atoms in total. The van der Waals surface area contributed by atoms with Crippen molar-refractivity contribution in [3.63, 3.8) is 0 Å². The number of aldehydes is 1. The van der Waals surface area contributed by atoms with Crippen molar-refractivity contribution in [2.45, 2.75) is 6.92 Å². The lowest BCUT2D eigenvalue weighted by atomic mass is 10.3. The Morgan fingerprint density at radius 3 is 2.94 bits per heavy atom. The van der Waals surface area contributed by atoms with Crippen LogP contribution in [0.4, 0.5) is 0 Å². The Morgan fingerprint density at radius 2 is 2.29 bits per heavy atom. The van der Waals surface area contributed by atoms with E-state index in [4.69, 9.17) is 8.83 Å². The van der Waals surface area contributed by atoms with Gasteiger partial charge < -0.3 is 8.83 Å². The number of fused-ring (bicyclic) bond motifs is 1. The Bertz CT molecular complexity index is 705. The normalized spacial score (nSPS) is 11.2. The highest BCUT2D eigenvalue weighted by Crippen LogP contribution is 2.27. The maximum Gasteiger partial charge on any atom is 0.248 e. The molecule has 0 radical (unpaired) electrons. The molecule has 3 aromatic heterocycles. The van der Waals surface area contributed by atoms with Crippen molar-refractivity contribution in [1.82, 2.24) is 14.8 Å². The van der Waals surface area contributed by atoms with E-state index in [1.54, 1.807) is 4.68 Å². The molecule has 86 valence electrons. The third-order valence-corrected chi connectivity index (χ3v) is 2.50. The predicted octanol–water partition coefficient (Wildman–Crippen LogP) is 1.94. The second-order valence-electron chi connectivity index (χ2n) is 3.79. The van der Waals surface area contributed by atoms with Crippen molar-refractivity contribution in [3.8, 4) is 11.6 Å². The van der Waals surface area contributed by atoms with Crippen LogP contribution in [0.15, 0.2) is 21.3 Å². The van der Waals surface area contributed by atoms with E-state index in [0.29, 0.717) is 29.0 Å². The van der Waals surface area contributed by atoms with Crippen LogP contribution in [0.5, 0.6) is 0 Å². The van der Waals surface area contributed by atoms with Gasteiger partial charge in [0.2, 0.25) is 17.2 Å². The molecule has 0 atom stereocenters. The number of oxazole rings is 1. The van der Waals surface area contributed by atoms with Crippen LogP contribution in [-0.2, 0) is 7.05 Å². The van der Waals surface area contributed by atoms with Gasteiger partial charge in [-0.1, -0.05) is 0 Å². The first-order valence-corrected chi connectivity index (χ1v) is 5.03. The van der Waals surface area contributed by atoms with Crippen LogP contribution in [0.3, 0.4) is 0 Å². The van der Waals surface area contributed by atoms with Gasteiger partial charge in [0, 0.05) is 13.2 Å². The first kappa shape index (κ1) is 9.83. The maximum atomic E-state index is 10.7. The molecule has 17 heavy (non-hydrogen) atoms. The van der Waals surface area contributed by atoms with Crippen LogP contribution >= 0.6 is 0 Å². The molecule has 0 spiro atoms. The fraction of sp³-hybridized carbons (Fsp3) is 0.182. The summed E-state index contributed by atoms with van der Waals surface area (Å²) in [6.45, 7) is 1.92. The van der Waals surface area contributed by atoms with Gasteiger partial charge in [0.25, 0.3) is 0 Å². The van der Waals surface area contributed by atoms with Gasteiger partial charge in [-0.25, -0.2) is 4.98 Å². The van der Waals surface area contributed by atoms with Gasteiger partial charge >= 0.3 is 0 Å². The average molecular weight is 231 g/mol. The molecule has 3 heterocycles. The first-order valence-electron chi connectivity index (χ1n) is 5.03. The van der Waals surface area contributed by atoms with Crippen molar-refractivity contribution in [3.05, 3.63) is 23.8 Å².